The van der Waals surface area contributed by atoms with Crippen LogP contribution in [-0.2, 0) is 11.3 Å². The summed E-state index contributed by atoms with van der Waals surface area (Å²) in [7, 11) is 0. The Kier molecular flexibility index (Phi) is 3.57. The van der Waals surface area contributed by atoms with Crippen LogP contribution in [-0.4, -0.2) is 42.1 Å². The number of nitrogens with zero attached hydrogens (tertiary/aromatic N) is 6. The minimum absolute atomic E-state index is 0.00470. The second-order valence-corrected chi connectivity index (χ2v) is 8.13. The number of nitrogen functional groups attached to an aromatic ring is 1. The third kappa shape index (κ3) is 2.48. The van der Waals surface area contributed by atoms with Crippen LogP contribution in [0, 0.1) is 5.41 Å². The minimum Gasteiger partial charge on any atom is -0.378 e. The number of rotatable bonds is 4. The van der Waals surface area contributed by atoms with Gasteiger partial charge in [-0.3, -0.25) is 0 Å². The molecule has 0 unspecified atom stereocenters. The topological polar surface area (TPSA) is 113 Å². The van der Waals surface area contributed by atoms with Gasteiger partial charge < -0.3 is 10.5 Å². The Morgan fingerprint density at radius 2 is 1.97 bits per heavy atom. The first-order valence-electron chi connectivity index (χ1n) is 9.87. The van der Waals surface area contributed by atoms with Gasteiger partial charge in [0, 0.05) is 16.5 Å². The maximum absolute atomic E-state index is 13.2. The summed E-state index contributed by atoms with van der Waals surface area (Å²) in [6.07, 6.45) is 5.51. The Hall–Kier alpha value is -3.59. The molecule has 30 heavy (non-hydrogen) atoms. The second kappa shape index (κ2) is 6.20. The average molecular weight is 401 g/mol. The van der Waals surface area contributed by atoms with E-state index in [-0.39, 0.29) is 17.1 Å². The molecule has 9 nitrogen and oxygen atoms in total. The number of benzene rings is 1. The lowest BCUT2D eigenvalue weighted by Gasteiger charge is -2.34. The van der Waals surface area contributed by atoms with Gasteiger partial charge in [0.15, 0.2) is 5.65 Å². The highest BCUT2D eigenvalue weighted by Crippen LogP contribution is 2.50. The normalized spacial score (nSPS) is 22.3. The summed E-state index contributed by atoms with van der Waals surface area (Å²) in [5.74, 6) is 0.109. The fraction of sp³-hybridized carbons (Fsp3) is 0.286. The van der Waals surface area contributed by atoms with Crippen molar-refractivity contribution in [2.24, 2.45) is 5.41 Å². The van der Waals surface area contributed by atoms with Crippen LogP contribution in [0.1, 0.15) is 12.8 Å². The fourth-order valence-corrected chi connectivity index (χ4v) is 4.64. The van der Waals surface area contributed by atoms with Crippen molar-refractivity contribution >= 4 is 11.6 Å². The lowest BCUT2D eigenvalue weighted by atomic mass is 9.70. The summed E-state index contributed by atoms with van der Waals surface area (Å²) in [6.45, 7) is 1.18. The fourth-order valence-electron chi connectivity index (χ4n) is 4.64. The van der Waals surface area contributed by atoms with Crippen LogP contribution >= 0.6 is 0 Å². The first-order chi connectivity index (χ1) is 14.6. The highest BCUT2D eigenvalue weighted by molar-refractivity contribution is 5.90. The zero-order chi connectivity index (χ0) is 20.3. The molecule has 3 aromatic heterocycles. The molecule has 3 fully saturated rings. The van der Waals surface area contributed by atoms with Crippen LogP contribution in [0.5, 0.6) is 0 Å². The first-order valence-corrected chi connectivity index (χ1v) is 9.87. The molecular formula is C21H19N7O2. The Morgan fingerprint density at radius 1 is 1.13 bits per heavy atom. The molecule has 7 rings (SSSR count). The predicted molar refractivity (Wildman–Crippen MR) is 110 cm³/mol. The van der Waals surface area contributed by atoms with Gasteiger partial charge in [-0.1, -0.05) is 30.3 Å². The summed E-state index contributed by atoms with van der Waals surface area (Å²) >= 11 is 0. The second-order valence-electron chi connectivity index (χ2n) is 8.13. The summed E-state index contributed by atoms with van der Waals surface area (Å²) < 4.78 is 8.59. The number of hydrogen-bond donors (Lipinski definition) is 1. The predicted octanol–water partition coefficient (Wildman–Crippen LogP) is 1.78. The number of anilines is 1. The van der Waals surface area contributed by atoms with Crippen LogP contribution in [0.4, 0.5) is 5.95 Å². The van der Waals surface area contributed by atoms with Crippen molar-refractivity contribution in [2.45, 2.75) is 25.5 Å². The first kappa shape index (κ1) is 17.3. The molecule has 4 aromatic rings. The smallest absolute Gasteiger partial charge is 0.353 e. The molecule has 2 aliphatic heterocycles. The summed E-state index contributed by atoms with van der Waals surface area (Å²) in [6, 6.07) is 11.5. The van der Waals surface area contributed by atoms with E-state index in [2.05, 4.69) is 15.2 Å². The number of nitrogens with two attached hydrogens (primary N) is 1. The molecule has 5 heterocycles. The van der Waals surface area contributed by atoms with Crippen molar-refractivity contribution in [1.82, 2.24) is 29.4 Å². The molecule has 0 amide bonds. The van der Waals surface area contributed by atoms with Gasteiger partial charge in [-0.15, -0.1) is 5.10 Å². The van der Waals surface area contributed by atoms with Crippen molar-refractivity contribution in [3.63, 3.8) is 0 Å². The highest BCUT2D eigenvalue weighted by Gasteiger charge is 2.52. The van der Waals surface area contributed by atoms with E-state index in [1.54, 1.807) is 12.4 Å². The molecule has 0 atom stereocenters. The molecule has 2 bridgehead atoms. The van der Waals surface area contributed by atoms with E-state index < -0.39 is 0 Å². The van der Waals surface area contributed by atoms with Gasteiger partial charge in [0.2, 0.25) is 5.95 Å². The largest absolute Gasteiger partial charge is 0.378 e. The molecule has 1 aliphatic carbocycles. The zero-order valence-corrected chi connectivity index (χ0v) is 16.1. The summed E-state index contributed by atoms with van der Waals surface area (Å²) in [4.78, 5) is 17.8. The van der Waals surface area contributed by atoms with Crippen molar-refractivity contribution < 1.29 is 4.74 Å². The zero-order valence-electron chi connectivity index (χ0n) is 16.1. The van der Waals surface area contributed by atoms with Gasteiger partial charge in [-0.25, -0.2) is 18.9 Å². The minimum atomic E-state index is -0.289. The molecule has 3 aliphatic rings. The lowest BCUT2D eigenvalue weighted by molar-refractivity contribution is 0.103. The average Bonchev–Trinajstić information content (AvgIpc) is 3.43. The van der Waals surface area contributed by atoms with Crippen LogP contribution < -0.4 is 11.4 Å². The molecular weight excluding hydrogens is 382 g/mol. The quantitative estimate of drug-likeness (QED) is 0.554. The standard InChI is InChI=1S/C21H19N7O2/c22-19-25-17(13-4-2-1-3-5-13)16(14-6-7-23-24-10-14)18-26-27(20(29)28(18)19)11-21-8-15(9-21)30-12-21/h1-7,10,15H,8-9,11-12H2,(H2,22,25). The molecule has 9 heteroatoms. The molecule has 0 spiro atoms. The van der Waals surface area contributed by atoms with E-state index in [1.807, 2.05) is 36.4 Å². The summed E-state index contributed by atoms with van der Waals surface area (Å²) in [5.41, 5.74) is 9.42. The third-order valence-corrected chi connectivity index (χ3v) is 6.11. The van der Waals surface area contributed by atoms with Gasteiger partial charge in [-0.05, 0) is 18.9 Å². The molecule has 0 radical (unpaired) electrons. The Bertz CT molecular complexity index is 1300. The van der Waals surface area contributed by atoms with Crippen LogP contribution in [0.2, 0.25) is 0 Å². The Balaban J connectivity index is 1.61. The van der Waals surface area contributed by atoms with E-state index in [0.29, 0.717) is 36.2 Å². The Morgan fingerprint density at radius 3 is 2.67 bits per heavy atom. The molecule has 2 N–H and O–H groups in total. The van der Waals surface area contributed by atoms with Gasteiger partial charge >= 0.3 is 5.69 Å². The van der Waals surface area contributed by atoms with Gasteiger partial charge in [0.1, 0.15) is 0 Å². The van der Waals surface area contributed by atoms with Gasteiger partial charge in [0.25, 0.3) is 0 Å². The number of ether oxygens (including phenoxy) is 1. The Labute approximate surface area is 171 Å². The SMILES string of the molecule is Nc1nc(-c2ccccc2)c(-c2ccnnc2)c2nn(CC34COC(C3)C4)c(=O)n12. The third-order valence-electron chi connectivity index (χ3n) is 6.11. The van der Waals surface area contributed by atoms with E-state index >= 15 is 0 Å². The monoisotopic (exact) mass is 401 g/mol. The van der Waals surface area contributed by atoms with E-state index in [0.717, 1.165) is 24.0 Å². The number of fused-ring (bicyclic) bond motifs is 2. The summed E-state index contributed by atoms with van der Waals surface area (Å²) in [5, 5.41) is 12.6. The van der Waals surface area contributed by atoms with Gasteiger partial charge in [0.05, 0.1) is 42.9 Å². The van der Waals surface area contributed by atoms with Crippen molar-refractivity contribution in [2.75, 3.05) is 12.3 Å². The van der Waals surface area contributed by atoms with Crippen molar-refractivity contribution in [3.8, 4) is 22.4 Å². The molecule has 150 valence electrons. The maximum Gasteiger partial charge on any atom is 0.353 e. The number of hydrogen-bond acceptors (Lipinski definition) is 7. The molecule has 2 saturated heterocycles. The van der Waals surface area contributed by atoms with Crippen LogP contribution in [0.15, 0.2) is 53.6 Å². The van der Waals surface area contributed by atoms with Crippen LogP contribution in [0.25, 0.3) is 28.0 Å². The van der Waals surface area contributed by atoms with Crippen molar-refractivity contribution in [1.29, 1.82) is 0 Å². The molecule has 1 aromatic carbocycles. The van der Waals surface area contributed by atoms with Crippen LogP contribution in [0.3, 0.4) is 0 Å². The highest BCUT2D eigenvalue weighted by atomic mass is 16.5. The lowest BCUT2D eigenvalue weighted by Crippen LogP contribution is -2.40. The van der Waals surface area contributed by atoms with E-state index in [9.17, 15) is 4.79 Å². The van der Waals surface area contributed by atoms with Gasteiger partial charge in [-0.2, -0.15) is 10.2 Å². The van der Waals surface area contributed by atoms with Crippen molar-refractivity contribution in [3.05, 3.63) is 59.3 Å². The molecule has 1 saturated carbocycles. The van der Waals surface area contributed by atoms with E-state index in [4.69, 9.17) is 15.6 Å². The van der Waals surface area contributed by atoms with E-state index in [1.165, 1.54) is 9.08 Å². The maximum atomic E-state index is 13.2. The number of aromatic nitrogens is 6.